The number of thiazole rings is 1. The van der Waals surface area contributed by atoms with Gasteiger partial charge in [0.25, 0.3) is 0 Å². The van der Waals surface area contributed by atoms with Crippen molar-refractivity contribution in [2.75, 3.05) is 0 Å². The molecule has 0 amide bonds. The highest BCUT2D eigenvalue weighted by Gasteiger charge is 2.30. The van der Waals surface area contributed by atoms with Gasteiger partial charge < -0.3 is 0 Å². The van der Waals surface area contributed by atoms with Crippen molar-refractivity contribution >= 4 is 24.0 Å². The summed E-state index contributed by atoms with van der Waals surface area (Å²) >= 11 is 6.11. The van der Waals surface area contributed by atoms with E-state index < -0.39 is 0 Å². The minimum absolute atomic E-state index is 0.174. The van der Waals surface area contributed by atoms with E-state index in [1.165, 1.54) is 30.0 Å². The summed E-state index contributed by atoms with van der Waals surface area (Å²) in [4.78, 5) is 9.75. The highest BCUT2D eigenvalue weighted by Crippen LogP contribution is 2.46. The third-order valence-corrected chi connectivity index (χ3v) is 4.71. The fraction of sp³-hybridized carbons (Fsp3) is 0.385. The molecule has 18 heavy (non-hydrogen) atoms. The maximum atomic E-state index is 13.2. The van der Waals surface area contributed by atoms with Crippen molar-refractivity contribution in [1.82, 2.24) is 9.97 Å². The zero-order valence-electron chi connectivity index (χ0n) is 9.93. The highest BCUT2D eigenvalue weighted by molar-refractivity contribution is 7.80. The maximum Gasteiger partial charge on any atom is 0.142 e. The van der Waals surface area contributed by atoms with Crippen LogP contribution in [0.15, 0.2) is 18.5 Å². The van der Waals surface area contributed by atoms with Gasteiger partial charge in [-0.2, -0.15) is 12.6 Å². The van der Waals surface area contributed by atoms with Gasteiger partial charge in [-0.3, -0.25) is 4.98 Å². The van der Waals surface area contributed by atoms with Crippen LogP contribution in [-0.4, -0.2) is 9.97 Å². The third kappa shape index (κ3) is 2.29. The molecule has 3 rings (SSSR count). The van der Waals surface area contributed by atoms with Crippen LogP contribution < -0.4 is 0 Å². The summed E-state index contributed by atoms with van der Waals surface area (Å²) in [5.74, 6) is 0.261. The first-order valence-corrected chi connectivity index (χ1v) is 7.28. The van der Waals surface area contributed by atoms with Crippen molar-refractivity contribution in [2.24, 2.45) is 0 Å². The third-order valence-electron chi connectivity index (χ3n) is 2.98. The number of thiol groups is 1. The molecule has 1 saturated carbocycles. The minimum Gasteiger partial charge on any atom is -0.261 e. The van der Waals surface area contributed by atoms with Crippen molar-refractivity contribution in [3.63, 3.8) is 0 Å². The summed E-state index contributed by atoms with van der Waals surface area (Å²) in [6.07, 6.45) is 5.28. The van der Waals surface area contributed by atoms with Crippen molar-refractivity contribution in [3.8, 4) is 10.6 Å². The van der Waals surface area contributed by atoms with Gasteiger partial charge in [-0.1, -0.05) is 0 Å². The van der Waals surface area contributed by atoms with Gasteiger partial charge in [0.15, 0.2) is 0 Å². The highest BCUT2D eigenvalue weighted by atomic mass is 32.1. The van der Waals surface area contributed by atoms with Gasteiger partial charge in [-0.15, -0.1) is 11.3 Å². The zero-order chi connectivity index (χ0) is 12.7. The molecule has 1 fully saturated rings. The molecule has 1 atom stereocenters. The molecule has 5 heteroatoms. The van der Waals surface area contributed by atoms with E-state index in [9.17, 15) is 4.39 Å². The predicted molar refractivity (Wildman–Crippen MR) is 74.7 cm³/mol. The lowest BCUT2D eigenvalue weighted by Gasteiger charge is -2.01. The lowest BCUT2D eigenvalue weighted by molar-refractivity contribution is 0.622. The summed E-state index contributed by atoms with van der Waals surface area (Å²) in [7, 11) is 0. The lowest BCUT2D eigenvalue weighted by atomic mass is 10.2. The molecule has 1 aliphatic rings. The van der Waals surface area contributed by atoms with Crippen LogP contribution in [0, 0.1) is 5.82 Å². The van der Waals surface area contributed by atoms with Gasteiger partial charge in [0.1, 0.15) is 10.8 Å². The van der Waals surface area contributed by atoms with E-state index >= 15 is 0 Å². The van der Waals surface area contributed by atoms with Crippen molar-refractivity contribution in [1.29, 1.82) is 0 Å². The van der Waals surface area contributed by atoms with Crippen molar-refractivity contribution in [3.05, 3.63) is 34.8 Å². The smallest absolute Gasteiger partial charge is 0.142 e. The van der Waals surface area contributed by atoms with Gasteiger partial charge >= 0.3 is 0 Å². The Kier molecular flexibility index (Phi) is 3.11. The molecule has 0 N–H and O–H groups in total. The Labute approximate surface area is 115 Å². The second kappa shape index (κ2) is 4.63. The van der Waals surface area contributed by atoms with Crippen LogP contribution >= 0.6 is 24.0 Å². The first kappa shape index (κ1) is 12.1. The predicted octanol–water partition coefficient (Wildman–Crippen LogP) is 4.21. The van der Waals surface area contributed by atoms with Crippen molar-refractivity contribution in [2.45, 2.75) is 30.9 Å². The molecule has 0 radical (unpaired) electrons. The molecule has 0 saturated heterocycles. The standard InChI is InChI=1S/C13H13FN2S2/c1-7(17)12-11(8-2-3-8)16-13(18-12)9-4-10(14)6-15-5-9/h4-8,17H,2-3H2,1H3. The molecule has 0 bridgehead atoms. The normalized spacial score (nSPS) is 16.8. The second-order valence-electron chi connectivity index (χ2n) is 4.61. The summed E-state index contributed by atoms with van der Waals surface area (Å²) in [6.45, 7) is 2.05. The molecule has 0 spiro atoms. The van der Waals surface area contributed by atoms with E-state index in [0.717, 1.165) is 16.3 Å². The van der Waals surface area contributed by atoms with E-state index in [0.29, 0.717) is 5.92 Å². The average molecular weight is 280 g/mol. The molecule has 94 valence electrons. The van der Waals surface area contributed by atoms with Crippen LogP contribution in [0.2, 0.25) is 0 Å². The SMILES string of the molecule is CC(S)c1sc(-c2cncc(F)c2)nc1C1CC1. The number of aromatic nitrogens is 2. The molecule has 0 aromatic carbocycles. The molecule has 2 aromatic heterocycles. The summed E-state index contributed by atoms with van der Waals surface area (Å²) in [5, 5.41) is 1.02. The van der Waals surface area contributed by atoms with Gasteiger partial charge in [-0.25, -0.2) is 9.37 Å². The van der Waals surface area contributed by atoms with Crippen LogP contribution in [0.1, 0.15) is 41.5 Å². The van der Waals surface area contributed by atoms with Crippen LogP contribution in [0.25, 0.3) is 10.6 Å². The van der Waals surface area contributed by atoms with Crippen LogP contribution in [0.4, 0.5) is 4.39 Å². The first-order chi connectivity index (χ1) is 8.65. The molecule has 2 heterocycles. The Morgan fingerprint density at radius 3 is 2.83 bits per heavy atom. The van der Waals surface area contributed by atoms with Gasteiger partial charge in [0, 0.05) is 27.8 Å². The summed E-state index contributed by atoms with van der Waals surface area (Å²) in [5.41, 5.74) is 1.91. The molecule has 2 aromatic rings. The first-order valence-electron chi connectivity index (χ1n) is 5.94. The fourth-order valence-electron chi connectivity index (χ4n) is 1.94. The zero-order valence-corrected chi connectivity index (χ0v) is 11.6. The Balaban J connectivity index is 2.05. The topological polar surface area (TPSA) is 25.8 Å². The van der Waals surface area contributed by atoms with E-state index in [1.54, 1.807) is 17.5 Å². The molecule has 1 aliphatic carbocycles. The van der Waals surface area contributed by atoms with Gasteiger partial charge in [0.2, 0.25) is 0 Å². The molecule has 1 unspecified atom stereocenters. The number of hydrogen-bond acceptors (Lipinski definition) is 4. The Morgan fingerprint density at radius 2 is 2.22 bits per heavy atom. The number of nitrogens with zero attached hydrogens (tertiary/aromatic N) is 2. The van der Waals surface area contributed by atoms with Crippen LogP contribution in [0.3, 0.4) is 0 Å². The van der Waals surface area contributed by atoms with E-state index in [4.69, 9.17) is 0 Å². The fourth-order valence-corrected chi connectivity index (χ4v) is 3.30. The maximum absolute atomic E-state index is 13.2. The Bertz CT molecular complexity index is 557. The van der Waals surface area contributed by atoms with E-state index in [1.807, 2.05) is 0 Å². The quantitative estimate of drug-likeness (QED) is 0.852. The van der Waals surface area contributed by atoms with Crippen LogP contribution in [-0.2, 0) is 0 Å². The number of pyridine rings is 1. The number of rotatable bonds is 3. The Hall–Kier alpha value is -0.940. The number of halogens is 1. The van der Waals surface area contributed by atoms with Gasteiger partial charge in [0.05, 0.1) is 11.9 Å². The molecular formula is C13H13FN2S2. The van der Waals surface area contributed by atoms with Crippen LogP contribution in [0.5, 0.6) is 0 Å². The lowest BCUT2D eigenvalue weighted by Crippen LogP contribution is -1.88. The second-order valence-corrected chi connectivity index (χ2v) is 6.42. The van der Waals surface area contributed by atoms with Crippen molar-refractivity contribution < 1.29 is 4.39 Å². The van der Waals surface area contributed by atoms with Gasteiger partial charge in [-0.05, 0) is 25.8 Å². The largest absolute Gasteiger partial charge is 0.261 e. The minimum atomic E-state index is -0.323. The van der Waals surface area contributed by atoms with E-state index in [2.05, 4.69) is 29.5 Å². The molecule has 0 aliphatic heterocycles. The average Bonchev–Trinajstić information content (AvgIpc) is 3.07. The Morgan fingerprint density at radius 1 is 1.44 bits per heavy atom. The monoisotopic (exact) mass is 280 g/mol. The summed E-state index contributed by atoms with van der Waals surface area (Å²) < 4.78 is 13.2. The summed E-state index contributed by atoms with van der Waals surface area (Å²) in [6, 6.07) is 1.48. The number of hydrogen-bond donors (Lipinski definition) is 1. The molecular weight excluding hydrogens is 267 g/mol. The van der Waals surface area contributed by atoms with E-state index in [-0.39, 0.29) is 11.1 Å². The molecule has 2 nitrogen and oxygen atoms in total.